The minimum absolute atomic E-state index is 0.123. The quantitative estimate of drug-likeness (QED) is 0.717. The van der Waals surface area contributed by atoms with Gasteiger partial charge in [0.15, 0.2) is 0 Å². The fourth-order valence-corrected chi connectivity index (χ4v) is 2.71. The van der Waals surface area contributed by atoms with Gasteiger partial charge in [-0.05, 0) is 43.9 Å². The maximum Gasteiger partial charge on any atom is 0.244 e. The highest BCUT2D eigenvalue weighted by molar-refractivity contribution is 5.99. The lowest BCUT2D eigenvalue weighted by Gasteiger charge is -2.32. The van der Waals surface area contributed by atoms with Crippen LogP contribution in [0.25, 0.3) is 0 Å². The zero-order chi connectivity index (χ0) is 14.0. The number of carbonyl (C=O) groups is 1. The van der Waals surface area contributed by atoms with Crippen LogP contribution in [-0.2, 0) is 4.79 Å². The van der Waals surface area contributed by atoms with E-state index in [2.05, 4.69) is 5.32 Å². The number of nitrogens with two attached hydrogens (primary N) is 1. The van der Waals surface area contributed by atoms with Crippen LogP contribution in [0.3, 0.4) is 0 Å². The van der Waals surface area contributed by atoms with Gasteiger partial charge in [-0.3, -0.25) is 4.79 Å². The normalized spacial score (nSPS) is 18.1. The monoisotopic (exact) mass is 262 g/mol. The van der Waals surface area contributed by atoms with Crippen LogP contribution in [0.15, 0.2) is 12.1 Å². The van der Waals surface area contributed by atoms with Crippen molar-refractivity contribution in [3.63, 3.8) is 0 Å². The third-order valence-corrected chi connectivity index (χ3v) is 3.89. The lowest BCUT2D eigenvalue weighted by molar-refractivity contribution is -0.122. The topological polar surface area (TPSA) is 75.3 Å². The number of benzene rings is 1. The number of hydrogen-bond acceptors (Lipinski definition) is 3. The zero-order valence-electron chi connectivity index (χ0n) is 11.6. The highest BCUT2D eigenvalue weighted by atomic mass is 16.3. The Bertz CT molecular complexity index is 491. The molecule has 0 radical (unpaired) electrons. The van der Waals surface area contributed by atoms with Crippen LogP contribution >= 0.6 is 0 Å². The molecule has 1 saturated carbocycles. The van der Waals surface area contributed by atoms with Gasteiger partial charge in [-0.15, -0.1) is 0 Å². The number of aryl methyl sites for hydroxylation is 2. The van der Waals surface area contributed by atoms with Crippen LogP contribution in [0.5, 0.6) is 5.75 Å². The molecule has 1 aromatic rings. The van der Waals surface area contributed by atoms with E-state index in [-0.39, 0.29) is 11.7 Å². The predicted octanol–water partition coefficient (Wildman–Crippen LogP) is 2.61. The summed E-state index contributed by atoms with van der Waals surface area (Å²) >= 11 is 0. The highest BCUT2D eigenvalue weighted by Gasteiger charge is 2.35. The number of hydrogen-bond donors (Lipinski definition) is 3. The molecule has 0 heterocycles. The number of phenolic OH excluding ortho intramolecular Hbond substituents is 1. The van der Waals surface area contributed by atoms with Crippen molar-refractivity contribution >= 4 is 11.6 Å². The Balaban J connectivity index is 2.19. The van der Waals surface area contributed by atoms with E-state index in [1.807, 2.05) is 19.9 Å². The summed E-state index contributed by atoms with van der Waals surface area (Å²) in [6.07, 6.45) is 4.54. The van der Waals surface area contributed by atoms with Gasteiger partial charge in [-0.2, -0.15) is 0 Å². The maximum absolute atomic E-state index is 12.3. The van der Waals surface area contributed by atoms with E-state index >= 15 is 0 Å². The van der Waals surface area contributed by atoms with Crippen molar-refractivity contribution in [1.82, 2.24) is 0 Å². The summed E-state index contributed by atoms with van der Waals surface area (Å²) in [6, 6.07) is 3.65. The molecular weight excluding hydrogens is 240 g/mol. The van der Waals surface area contributed by atoms with Crippen molar-refractivity contribution in [1.29, 1.82) is 0 Å². The minimum Gasteiger partial charge on any atom is -0.505 e. The molecule has 19 heavy (non-hydrogen) atoms. The Morgan fingerprint density at radius 1 is 1.26 bits per heavy atom. The molecule has 0 atom stereocenters. The Kier molecular flexibility index (Phi) is 3.80. The number of amides is 1. The van der Waals surface area contributed by atoms with Crippen LogP contribution in [0.4, 0.5) is 5.69 Å². The SMILES string of the molecule is Cc1cc(C)c(O)c(NC(=O)C2(N)CCCCC2)c1. The summed E-state index contributed by atoms with van der Waals surface area (Å²) in [4.78, 5) is 12.3. The molecule has 0 aliphatic heterocycles. The van der Waals surface area contributed by atoms with E-state index in [1.165, 1.54) is 0 Å². The maximum atomic E-state index is 12.3. The highest BCUT2D eigenvalue weighted by Crippen LogP contribution is 2.31. The van der Waals surface area contributed by atoms with E-state index in [0.717, 1.165) is 30.4 Å². The first-order valence-electron chi connectivity index (χ1n) is 6.83. The number of phenols is 1. The molecule has 1 fully saturated rings. The average molecular weight is 262 g/mol. The van der Waals surface area contributed by atoms with E-state index in [1.54, 1.807) is 6.07 Å². The van der Waals surface area contributed by atoms with Gasteiger partial charge in [0, 0.05) is 0 Å². The van der Waals surface area contributed by atoms with Gasteiger partial charge in [0.2, 0.25) is 5.91 Å². The Morgan fingerprint density at radius 3 is 2.53 bits per heavy atom. The van der Waals surface area contributed by atoms with Gasteiger partial charge < -0.3 is 16.2 Å². The molecule has 0 spiro atoms. The number of aromatic hydroxyl groups is 1. The van der Waals surface area contributed by atoms with E-state index in [9.17, 15) is 9.90 Å². The summed E-state index contributed by atoms with van der Waals surface area (Å²) in [5.74, 6) is -0.0640. The van der Waals surface area contributed by atoms with Gasteiger partial charge in [-0.25, -0.2) is 0 Å². The molecule has 1 amide bonds. The first-order valence-corrected chi connectivity index (χ1v) is 6.83. The van der Waals surface area contributed by atoms with Crippen molar-refractivity contribution in [2.45, 2.75) is 51.5 Å². The lowest BCUT2D eigenvalue weighted by Crippen LogP contribution is -2.52. The summed E-state index contributed by atoms with van der Waals surface area (Å²) in [5.41, 5.74) is 7.60. The van der Waals surface area contributed by atoms with Crippen LogP contribution in [0.2, 0.25) is 0 Å². The fraction of sp³-hybridized carbons (Fsp3) is 0.533. The largest absolute Gasteiger partial charge is 0.505 e. The average Bonchev–Trinajstić information content (AvgIpc) is 2.36. The van der Waals surface area contributed by atoms with Crippen LogP contribution < -0.4 is 11.1 Å². The van der Waals surface area contributed by atoms with Crippen molar-refractivity contribution in [2.24, 2.45) is 5.73 Å². The summed E-state index contributed by atoms with van der Waals surface area (Å²) in [7, 11) is 0. The second-order valence-electron chi connectivity index (χ2n) is 5.65. The molecule has 4 N–H and O–H groups in total. The molecule has 1 aliphatic carbocycles. The Labute approximate surface area is 114 Å². The number of nitrogens with one attached hydrogen (secondary N) is 1. The lowest BCUT2D eigenvalue weighted by atomic mass is 9.82. The fourth-order valence-electron chi connectivity index (χ4n) is 2.71. The molecule has 1 aromatic carbocycles. The number of carbonyl (C=O) groups excluding carboxylic acids is 1. The molecule has 2 rings (SSSR count). The molecule has 4 nitrogen and oxygen atoms in total. The van der Waals surface area contributed by atoms with Crippen molar-refractivity contribution in [3.8, 4) is 5.75 Å². The van der Waals surface area contributed by atoms with Gasteiger partial charge in [0.25, 0.3) is 0 Å². The van der Waals surface area contributed by atoms with Gasteiger partial charge in [0.05, 0.1) is 11.2 Å². The number of rotatable bonds is 2. The van der Waals surface area contributed by atoms with E-state index in [0.29, 0.717) is 18.5 Å². The molecular formula is C15H22N2O2. The molecule has 1 aliphatic rings. The third kappa shape index (κ3) is 2.89. The van der Waals surface area contributed by atoms with Crippen LogP contribution in [-0.4, -0.2) is 16.6 Å². The number of anilines is 1. The third-order valence-electron chi connectivity index (χ3n) is 3.89. The molecule has 0 aromatic heterocycles. The van der Waals surface area contributed by atoms with Crippen molar-refractivity contribution in [3.05, 3.63) is 23.3 Å². The van der Waals surface area contributed by atoms with Crippen molar-refractivity contribution in [2.75, 3.05) is 5.32 Å². The van der Waals surface area contributed by atoms with Gasteiger partial charge in [-0.1, -0.05) is 25.3 Å². The molecule has 0 bridgehead atoms. The molecule has 0 unspecified atom stereocenters. The summed E-state index contributed by atoms with van der Waals surface area (Å²) in [5, 5.41) is 12.8. The first kappa shape index (κ1) is 13.9. The van der Waals surface area contributed by atoms with Gasteiger partial charge in [0.1, 0.15) is 5.75 Å². The smallest absolute Gasteiger partial charge is 0.244 e. The Hall–Kier alpha value is -1.55. The predicted molar refractivity (Wildman–Crippen MR) is 76.2 cm³/mol. The first-order chi connectivity index (χ1) is 8.92. The van der Waals surface area contributed by atoms with Crippen LogP contribution in [0.1, 0.15) is 43.2 Å². The molecule has 104 valence electrons. The van der Waals surface area contributed by atoms with E-state index in [4.69, 9.17) is 5.73 Å². The standard InChI is InChI=1S/C15H22N2O2/c1-10-8-11(2)13(18)12(9-10)17-14(19)15(16)6-4-3-5-7-15/h8-9,18H,3-7,16H2,1-2H3,(H,17,19). The van der Waals surface area contributed by atoms with Crippen LogP contribution in [0, 0.1) is 13.8 Å². The minimum atomic E-state index is -0.789. The molecule has 0 saturated heterocycles. The van der Waals surface area contributed by atoms with Crippen molar-refractivity contribution < 1.29 is 9.90 Å². The summed E-state index contributed by atoms with van der Waals surface area (Å²) < 4.78 is 0. The molecule has 4 heteroatoms. The van der Waals surface area contributed by atoms with Gasteiger partial charge >= 0.3 is 0 Å². The second kappa shape index (κ2) is 5.21. The Morgan fingerprint density at radius 2 is 1.89 bits per heavy atom. The second-order valence-corrected chi connectivity index (χ2v) is 5.65. The summed E-state index contributed by atoms with van der Waals surface area (Å²) in [6.45, 7) is 3.75. The zero-order valence-corrected chi connectivity index (χ0v) is 11.6. The van der Waals surface area contributed by atoms with E-state index < -0.39 is 5.54 Å².